The Kier molecular flexibility index (Phi) is 4.57. The van der Waals surface area contributed by atoms with Crippen molar-refractivity contribution in [3.63, 3.8) is 0 Å². The maximum absolute atomic E-state index is 9.63. The number of hydrogen-bond donors (Lipinski definition) is 1. The summed E-state index contributed by atoms with van der Waals surface area (Å²) in [6.45, 7) is 5.43. The summed E-state index contributed by atoms with van der Waals surface area (Å²) < 4.78 is 0. The van der Waals surface area contributed by atoms with E-state index < -0.39 is 0 Å². The number of aliphatic hydroxyl groups excluding tert-OH is 1. The summed E-state index contributed by atoms with van der Waals surface area (Å²) in [5.74, 6) is 0. The van der Waals surface area contributed by atoms with E-state index in [4.69, 9.17) is 5.26 Å². The number of piperidine rings is 1. The van der Waals surface area contributed by atoms with Crippen molar-refractivity contribution in [2.24, 2.45) is 5.41 Å². The van der Waals surface area contributed by atoms with Crippen LogP contribution in [0.4, 0.5) is 0 Å². The highest BCUT2D eigenvalue weighted by atomic mass is 16.3. The Morgan fingerprint density at radius 3 is 2.68 bits per heavy atom. The molecule has 3 nitrogen and oxygen atoms in total. The summed E-state index contributed by atoms with van der Waals surface area (Å²) in [6, 6.07) is 9.94. The fourth-order valence-corrected chi connectivity index (χ4v) is 2.92. The zero-order valence-corrected chi connectivity index (χ0v) is 11.6. The van der Waals surface area contributed by atoms with Gasteiger partial charge in [-0.05, 0) is 43.5 Å². The van der Waals surface area contributed by atoms with Crippen LogP contribution in [0.2, 0.25) is 0 Å². The van der Waals surface area contributed by atoms with Gasteiger partial charge in [-0.3, -0.25) is 4.90 Å². The molecular formula is C16H22N2O. The molecule has 1 atom stereocenters. The molecule has 1 fully saturated rings. The van der Waals surface area contributed by atoms with Crippen LogP contribution in [0.15, 0.2) is 24.3 Å². The van der Waals surface area contributed by atoms with Crippen molar-refractivity contribution in [2.75, 3.05) is 19.7 Å². The molecule has 19 heavy (non-hydrogen) atoms. The second-order valence-electron chi connectivity index (χ2n) is 5.63. The molecular weight excluding hydrogens is 236 g/mol. The van der Waals surface area contributed by atoms with Gasteiger partial charge in [-0.2, -0.15) is 5.26 Å². The van der Waals surface area contributed by atoms with E-state index in [2.05, 4.69) is 17.9 Å². The van der Waals surface area contributed by atoms with Gasteiger partial charge in [-0.15, -0.1) is 0 Å². The molecule has 0 spiro atoms. The van der Waals surface area contributed by atoms with Crippen molar-refractivity contribution in [3.8, 4) is 6.07 Å². The molecule has 1 aliphatic heterocycles. The molecule has 1 heterocycles. The smallest absolute Gasteiger partial charge is 0.0991 e. The first-order valence-corrected chi connectivity index (χ1v) is 7.03. The van der Waals surface area contributed by atoms with Gasteiger partial charge in [0.15, 0.2) is 0 Å². The van der Waals surface area contributed by atoms with Gasteiger partial charge in [0.05, 0.1) is 11.6 Å². The second kappa shape index (κ2) is 6.18. The highest BCUT2D eigenvalue weighted by molar-refractivity contribution is 5.31. The summed E-state index contributed by atoms with van der Waals surface area (Å²) in [4.78, 5) is 2.42. The molecule has 0 saturated carbocycles. The van der Waals surface area contributed by atoms with E-state index in [0.717, 1.165) is 38.9 Å². The SMILES string of the molecule is CC[C@]1(CO)CCCN(Cc2ccc(C#N)cc2)C1. The van der Waals surface area contributed by atoms with E-state index in [-0.39, 0.29) is 12.0 Å². The Bertz CT molecular complexity index is 443. The molecule has 0 aromatic heterocycles. The maximum Gasteiger partial charge on any atom is 0.0991 e. The van der Waals surface area contributed by atoms with Gasteiger partial charge in [-0.1, -0.05) is 19.1 Å². The van der Waals surface area contributed by atoms with Crippen molar-refractivity contribution < 1.29 is 5.11 Å². The van der Waals surface area contributed by atoms with Crippen molar-refractivity contribution in [2.45, 2.75) is 32.7 Å². The van der Waals surface area contributed by atoms with E-state index >= 15 is 0 Å². The van der Waals surface area contributed by atoms with Gasteiger partial charge >= 0.3 is 0 Å². The molecule has 1 aromatic carbocycles. The number of rotatable bonds is 4. The fourth-order valence-electron chi connectivity index (χ4n) is 2.92. The zero-order valence-electron chi connectivity index (χ0n) is 11.6. The van der Waals surface area contributed by atoms with Crippen LogP contribution in [0.5, 0.6) is 0 Å². The Morgan fingerprint density at radius 2 is 2.11 bits per heavy atom. The van der Waals surface area contributed by atoms with E-state index in [1.54, 1.807) is 0 Å². The monoisotopic (exact) mass is 258 g/mol. The number of nitriles is 1. The predicted molar refractivity (Wildman–Crippen MR) is 75.5 cm³/mol. The molecule has 102 valence electrons. The number of aliphatic hydroxyl groups is 1. The third kappa shape index (κ3) is 3.34. The minimum atomic E-state index is 0.0881. The average Bonchev–Trinajstić information content (AvgIpc) is 2.48. The predicted octanol–water partition coefficient (Wildman–Crippen LogP) is 2.54. The summed E-state index contributed by atoms with van der Waals surface area (Å²) in [5.41, 5.74) is 2.04. The van der Waals surface area contributed by atoms with Crippen LogP contribution in [0.1, 0.15) is 37.3 Å². The molecule has 0 amide bonds. The van der Waals surface area contributed by atoms with E-state index in [1.165, 1.54) is 5.56 Å². The van der Waals surface area contributed by atoms with E-state index in [0.29, 0.717) is 5.56 Å². The van der Waals surface area contributed by atoms with Crippen LogP contribution >= 0.6 is 0 Å². The number of hydrogen-bond acceptors (Lipinski definition) is 3. The Morgan fingerprint density at radius 1 is 1.37 bits per heavy atom. The molecule has 3 heteroatoms. The lowest BCUT2D eigenvalue weighted by Crippen LogP contribution is -2.44. The van der Waals surface area contributed by atoms with Gasteiger partial charge in [0.25, 0.3) is 0 Å². The highest BCUT2D eigenvalue weighted by Crippen LogP contribution is 2.33. The third-order valence-corrected chi connectivity index (χ3v) is 4.32. The largest absolute Gasteiger partial charge is 0.396 e. The normalized spacial score (nSPS) is 24.1. The maximum atomic E-state index is 9.63. The van der Waals surface area contributed by atoms with Crippen molar-refractivity contribution >= 4 is 0 Å². The number of likely N-dealkylation sites (tertiary alicyclic amines) is 1. The Balaban J connectivity index is 2.00. The lowest BCUT2D eigenvalue weighted by Gasteiger charge is -2.41. The minimum Gasteiger partial charge on any atom is -0.396 e. The van der Waals surface area contributed by atoms with E-state index in [1.807, 2.05) is 24.3 Å². The first-order chi connectivity index (χ1) is 9.21. The molecule has 0 bridgehead atoms. The van der Waals surface area contributed by atoms with Gasteiger partial charge < -0.3 is 5.11 Å². The summed E-state index contributed by atoms with van der Waals surface area (Å²) in [6.07, 6.45) is 3.32. The summed E-state index contributed by atoms with van der Waals surface area (Å²) >= 11 is 0. The first kappa shape index (κ1) is 14.0. The number of nitrogens with zero attached hydrogens (tertiary/aromatic N) is 2. The highest BCUT2D eigenvalue weighted by Gasteiger charge is 2.33. The van der Waals surface area contributed by atoms with E-state index in [9.17, 15) is 5.11 Å². The van der Waals surface area contributed by atoms with Crippen molar-refractivity contribution in [3.05, 3.63) is 35.4 Å². The van der Waals surface area contributed by atoms with Crippen molar-refractivity contribution in [1.29, 1.82) is 5.26 Å². The topological polar surface area (TPSA) is 47.3 Å². The second-order valence-corrected chi connectivity index (χ2v) is 5.63. The molecule has 0 unspecified atom stereocenters. The Hall–Kier alpha value is -1.37. The molecule has 0 aliphatic carbocycles. The number of benzene rings is 1. The standard InChI is InChI=1S/C16H22N2O/c1-2-16(13-19)8-3-9-18(12-16)11-15-6-4-14(10-17)5-7-15/h4-7,19H,2-3,8-9,11-13H2,1H3/t16-/m0/s1. The molecule has 2 rings (SSSR count). The van der Waals surface area contributed by atoms with Crippen LogP contribution < -0.4 is 0 Å². The zero-order chi connectivity index (χ0) is 13.7. The average molecular weight is 258 g/mol. The quantitative estimate of drug-likeness (QED) is 0.902. The van der Waals surface area contributed by atoms with Crippen LogP contribution in [0, 0.1) is 16.7 Å². The first-order valence-electron chi connectivity index (χ1n) is 7.03. The molecule has 1 saturated heterocycles. The molecule has 1 aromatic rings. The Labute approximate surface area is 115 Å². The van der Waals surface area contributed by atoms with Gasteiger partial charge in [-0.25, -0.2) is 0 Å². The minimum absolute atomic E-state index is 0.0881. The lowest BCUT2D eigenvalue weighted by molar-refractivity contribution is 0.0258. The van der Waals surface area contributed by atoms with Crippen LogP contribution in [-0.2, 0) is 6.54 Å². The molecule has 1 N–H and O–H groups in total. The lowest BCUT2D eigenvalue weighted by atomic mass is 9.78. The van der Waals surface area contributed by atoms with Gasteiger partial charge in [0.1, 0.15) is 0 Å². The van der Waals surface area contributed by atoms with Crippen LogP contribution in [-0.4, -0.2) is 29.7 Å². The van der Waals surface area contributed by atoms with Gasteiger partial charge in [0, 0.05) is 25.1 Å². The summed E-state index contributed by atoms with van der Waals surface area (Å²) in [7, 11) is 0. The molecule has 0 radical (unpaired) electrons. The van der Waals surface area contributed by atoms with Crippen LogP contribution in [0.25, 0.3) is 0 Å². The third-order valence-electron chi connectivity index (χ3n) is 4.32. The molecule has 1 aliphatic rings. The fraction of sp³-hybridized carbons (Fsp3) is 0.562. The summed E-state index contributed by atoms with van der Waals surface area (Å²) in [5, 5.41) is 18.4. The van der Waals surface area contributed by atoms with Gasteiger partial charge in [0.2, 0.25) is 0 Å². The van der Waals surface area contributed by atoms with Crippen LogP contribution in [0.3, 0.4) is 0 Å². The van der Waals surface area contributed by atoms with Crippen molar-refractivity contribution in [1.82, 2.24) is 4.90 Å².